The first-order valence-electron chi connectivity index (χ1n) is 8.51. The monoisotopic (exact) mass is 332 g/mol. The lowest BCUT2D eigenvalue weighted by Gasteiger charge is -2.35. The summed E-state index contributed by atoms with van der Waals surface area (Å²) in [4.78, 5) is 6.82. The van der Waals surface area contributed by atoms with Gasteiger partial charge in [-0.3, -0.25) is 4.90 Å². The van der Waals surface area contributed by atoms with E-state index >= 15 is 0 Å². The van der Waals surface area contributed by atoms with Crippen molar-refractivity contribution in [2.24, 2.45) is 0 Å². The molecule has 1 aromatic heterocycles. The lowest BCUT2D eigenvalue weighted by molar-refractivity contribution is 0.121. The highest BCUT2D eigenvalue weighted by atomic mass is 19.1. The normalized spacial score (nSPS) is 18.8. The zero-order chi connectivity index (χ0) is 17.1. The number of methoxy groups -OCH3 is 1. The van der Waals surface area contributed by atoms with E-state index in [-0.39, 0.29) is 5.82 Å². The quantitative estimate of drug-likeness (QED) is 0.844. The predicted octanol–water partition coefficient (Wildman–Crippen LogP) is 3.10. The van der Waals surface area contributed by atoms with Gasteiger partial charge in [0.25, 0.3) is 0 Å². The van der Waals surface area contributed by atoms with Crippen LogP contribution in [0.2, 0.25) is 0 Å². The van der Waals surface area contributed by atoms with E-state index < -0.39 is 0 Å². The molecule has 0 N–H and O–H groups in total. The molecular weight excluding hydrogens is 307 g/mol. The molecule has 1 aliphatic heterocycles. The van der Waals surface area contributed by atoms with Crippen molar-refractivity contribution >= 4 is 0 Å². The van der Waals surface area contributed by atoms with Gasteiger partial charge in [0, 0.05) is 12.6 Å². The molecule has 1 aliphatic rings. The summed E-state index contributed by atoms with van der Waals surface area (Å²) in [6, 6.07) is 5.63. The zero-order valence-electron chi connectivity index (χ0n) is 14.6. The third-order valence-electron chi connectivity index (χ3n) is 4.70. The van der Waals surface area contributed by atoms with Gasteiger partial charge in [-0.25, -0.2) is 14.1 Å². The van der Waals surface area contributed by atoms with Crippen LogP contribution in [0.1, 0.15) is 36.5 Å². The summed E-state index contributed by atoms with van der Waals surface area (Å²) in [6.45, 7) is 6.53. The minimum atomic E-state index is -0.300. The molecule has 0 bridgehead atoms. The van der Waals surface area contributed by atoms with E-state index in [4.69, 9.17) is 4.74 Å². The minimum absolute atomic E-state index is 0.294. The molecule has 2 heterocycles. The van der Waals surface area contributed by atoms with Crippen LogP contribution in [-0.2, 0) is 13.1 Å². The second-order valence-corrected chi connectivity index (χ2v) is 6.48. The van der Waals surface area contributed by atoms with Crippen molar-refractivity contribution in [2.75, 3.05) is 13.7 Å². The molecule has 6 heteroatoms. The molecule has 1 aromatic carbocycles. The fourth-order valence-corrected chi connectivity index (χ4v) is 3.45. The molecule has 3 rings (SSSR count). The molecule has 0 unspecified atom stereocenters. The lowest BCUT2D eigenvalue weighted by atomic mass is 10.0. The average molecular weight is 332 g/mol. The number of aromatic nitrogens is 3. The number of halogens is 1. The van der Waals surface area contributed by atoms with Gasteiger partial charge < -0.3 is 4.74 Å². The van der Waals surface area contributed by atoms with Crippen molar-refractivity contribution < 1.29 is 9.13 Å². The Morgan fingerprint density at radius 2 is 2.12 bits per heavy atom. The smallest absolute Gasteiger partial charge is 0.165 e. The van der Waals surface area contributed by atoms with Crippen LogP contribution in [0.15, 0.2) is 18.2 Å². The molecule has 5 nitrogen and oxygen atoms in total. The summed E-state index contributed by atoms with van der Waals surface area (Å²) in [5.74, 6) is 1.76. The Bertz CT molecular complexity index is 700. The van der Waals surface area contributed by atoms with E-state index in [9.17, 15) is 4.39 Å². The van der Waals surface area contributed by atoms with Crippen LogP contribution in [0.5, 0.6) is 5.75 Å². The fourth-order valence-electron chi connectivity index (χ4n) is 3.45. The van der Waals surface area contributed by atoms with E-state index in [1.807, 2.05) is 24.6 Å². The molecule has 1 saturated heterocycles. The van der Waals surface area contributed by atoms with Crippen LogP contribution in [0.25, 0.3) is 0 Å². The van der Waals surface area contributed by atoms with Crippen LogP contribution in [0, 0.1) is 19.7 Å². The van der Waals surface area contributed by atoms with Gasteiger partial charge in [0.15, 0.2) is 11.6 Å². The second-order valence-electron chi connectivity index (χ2n) is 6.48. The van der Waals surface area contributed by atoms with Crippen LogP contribution in [-0.4, -0.2) is 39.4 Å². The van der Waals surface area contributed by atoms with Crippen molar-refractivity contribution in [1.82, 2.24) is 19.7 Å². The van der Waals surface area contributed by atoms with Gasteiger partial charge in [0.05, 0.1) is 13.7 Å². The first-order chi connectivity index (χ1) is 11.6. The maximum absolute atomic E-state index is 13.9. The van der Waals surface area contributed by atoms with E-state index in [2.05, 4.69) is 15.0 Å². The predicted molar refractivity (Wildman–Crippen MR) is 90.5 cm³/mol. The number of likely N-dealkylation sites (tertiary alicyclic amines) is 1. The number of piperidine rings is 1. The molecule has 0 saturated carbocycles. The topological polar surface area (TPSA) is 43.2 Å². The zero-order valence-corrected chi connectivity index (χ0v) is 14.6. The molecule has 0 amide bonds. The highest BCUT2D eigenvalue weighted by Crippen LogP contribution is 2.23. The van der Waals surface area contributed by atoms with Gasteiger partial charge in [-0.2, -0.15) is 5.10 Å². The third kappa shape index (κ3) is 3.75. The van der Waals surface area contributed by atoms with Crippen molar-refractivity contribution in [2.45, 2.75) is 52.2 Å². The van der Waals surface area contributed by atoms with Crippen LogP contribution < -0.4 is 4.74 Å². The highest BCUT2D eigenvalue weighted by Gasteiger charge is 2.24. The summed E-state index contributed by atoms with van der Waals surface area (Å²) < 4.78 is 20.9. The number of hydrogen-bond donors (Lipinski definition) is 0. The lowest BCUT2D eigenvalue weighted by Crippen LogP contribution is -2.41. The Kier molecular flexibility index (Phi) is 5.14. The number of aryl methyl sites for hydroxylation is 2. The summed E-state index contributed by atoms with van der Waals surface area (Å²) in [6.07, 6.45) is 3.55. The van der Waals surface area contributed by atoms with Gasteiger partial charge in [-0.05, 0) is 50.9 Å². The van der Waals surface area contributed by atoms with Gasteiger partial charge >= 0.3 is 0 Å². The number of rotatable bonds is 5. The molecule has 2 aromatic rings. The molecule has 1 atom stereocenters. The van der Waals surface area contributed by atoms with Gasteiger partial charge in [0.2, 0.25) is 0 Å². The van der Waals surface area contributed by atoms with E-state index in [0.717, 1.165) is 43.3 Å². The third-order valence-corrected chi connectivity index (χ3v) is 4.70. The first kappa shape index (κ1) is 16.9. The van der Waals surface area contributed by atoms with Crippen LogP contribution in [0.4, 0.5) is 4.39 Å². The van der Waals surface area contributed by atoms with Gasteiger partial charge in [-0.1, -0.05) is 12.5 Å². The molecule has 0 aliphatic carbocycles. The molecule has 0 radical (unpaired) electrons. The van der Waals surface area contributed by atoms with Crippen LogP contribution >= 0.6 is 0 Å². The Labute approximate surface area is 142 Å². The molecule has 0 spiro atoms. The Morgan fingerprint density at radius 1 is 1.29 bits per heavy atom. The maximum Gasteiger partial charge on any atom is 0.165 e. The van der Waals surface area contributed by atoms with E-state index in [0.29, 0.717) is 11.8 Å². The van der Waals surface area contributed by atoms with E-state index in [1.54, 1.807) is 12.1 Å². The average Bonchev–Trinajstić information content (AvgIpc) is 2.87. The van der Waals surface area contributed by atoms with Crippen molar-refractivity contribution in [3.63, 3.8) is 0 Å². The SMILES string of the molecule is COc1ccc(CN2CCCC[C@H]2Cn2nc(C)nc2C)cc1F. The second kappa shape index (κ2) is 7.30. The maximum atomic E-state index is 13.9. The highest BCUT2D eigenvalue weighted by molar-refractivity contribution is 5.29. The standard InChI is InChI=1S/C18H25FN4O/c1-13-20-14(2)23(21-13)12-16-6-4-5-9-22(16)11-15-7-8-18(24-3)17(19)10-15/h7-8,10,16H,4-6,9,11-12H2,1-3H3/t16-/m0/s1. The van der Waals surface area contributed by atoms with Crippen LogP contribution in [0.3, 0.4) is 0 Å². The Hall–Kier alpha value is -1.95. The van der Waals surface area contributed by atoms with Gasteiger partial charge in [-0.15, -0.1) is 0 Å². The van der Waals surface area contributed by atoms with E-state index in [1.165, 1.54) is 20.0 Å². The Morgan fingerprint density at radius 3 is 2.79 bits per heavy atom. The number of benzene rings is 1. The Balaban J connectivity index is 1.72. The number of ether oxygens (including phenoxy) is 1. The number of hydrogen-bond acceptors (Lipinski definition) is 4. The summed E-state index contributed by atoms with van der Waals surface area (Å²) in [5.41, 5.74) is 0.978. The van der Waals surface area contributed by atoms with Gasteiger partial charge in [0.1, 0.15) is 11.6 Å². The minimum Gasteiger partial charge on any atom is -0.494 e. The summed E-state index contributed by atoms with van der Waals surface area (Å²) in [7, 11) is 1.49. The van der Waals surface area contributed by atoms with Crippen molar-refractivity contribution in [1.29, 1.82) is 0 Å². The first-order valence-corrected chi connectivity index (χ1v) is 8.51. The largest absolute Gasteiger partial charge is 0.494 e. The summed E-state index contributed by atoms with van der Waals surface area (Å²) >= 11 is 0. The molecule has 1 fully saturated rings. The molecule has 130 valence electrons. The number of nitrogens with zero attached hydrogens (tertiary/aromatic N) is 4. The molecular formula is C18H25FN4O. The van der Waals surface area contributed by atoms with Crippen molar-refractivity contribution in [3.05, 3.63) is 41.2 Å². The summed E-state index contributed by atoms with van der Waals surface area (Å²) in [5, 5.41) is 4.48. The molecule has 24 heavy (non-hydrogen) atoms. The fraction of sp³-hybridized carbons (Fsp3) is 0.556. The van der Waals surface area contributed by atoms with Crippen molar-refractivity contribution in [3.8, 4) is 5.75 Å².